The third-order valence-electron chi connectivity index (χ3n) is 2.92. The minimum Gasteiger partial charge on any atom is -0.321 e. The van der Waals surface area contributed by atoms with E-state index in [9.17, 15) is 4.39 Å². The molecule has 0 amide bonds. The molecule has 1 N–H and O–H groups in total. The molecule has 3 nitrogen and oxygen atoms in total. The summed E-state index contributed by atoms with van der Waals surface area (Å²) < 4.78 is 15.6. The van der Waals surface area contributed by atoms with Gasteiger partial charge in [0.15, 0.2) is 6.30 Å². The highest BCUT2D eigenvalue weighted by molar-refractivity contribution is 5.85. The zero-order valence-corrected chi connectivity index (χ0v) is 9.67. The topological polar surface area (TPSA) is 29.9 Å². The molecule has 2 aromatic rings. The van der Waals surface area contributed by atoms with E-state index in [2.05, 4.69) is 17.2 Å². The van der Waals surface area contributed by atoms with Gasteiger partial charge in [-0.25, -0.2) is 9.37 Å². The van der Waals surface area contributed by atoms with Gasteiger partial charge < -0.3 is 4.57 Å². The van der Waals surface area contributed by atoms with E-state index in [0.29, 0.717) is 12.2 Å². The lowest BCUT2D eigenvalue weighted by atomic mass is 10.2. The van der Waals surface area contributed by atoms with Gasteiger partial charge in [-0.1, -0.05) is 0 Å². The quantitative estimate of drug-likeness (QED) is 0.719. The third-order valence-corrected chi connectivity index (χ3v) is 2.92. The summed E-state index contributed by atoms with van der Waals surface area (Å²) >= 11 is 0. The van der Waals surface area contributed by atoms with Gasteiger partial charge in [-0.15, -0.1) is 12.4 Å². The summed E-state index contributed by atoms with van der Waals surface area (Å²) in [6.45, 7) is 2.71. The van der Waals surface area contributed by atoms with Gasteiger partial charge >= 0.3 is 0 Å². The Morgan fingerprint density at radius 3 is 3.19 bits per heavy atom. The van der Waals surface area contributed by atoms with Gasteiger partial charge in [-0.3, -0.25) is 5.32 Å². The van der Waals surface area contributed by atoms with Gasteiger partial charge in [0.2, 0.25) is 0 Å². The van der Waals surface area contributed by atoms with Crippen molar-refractivity contribution in [2.75, 3.05) is 6.54 Å². The molecule has 0 spiro atoms. The number of pyridine rings is 1. The molecule has 0 aromatic carbocycles. The molecule has 1 aliphatic rings. The van der Waals surface area contributed by atoms with Gasteiger partial charge in [0.05, 0.1) is 5.69 Å². The van der Waals surface area contributed by atoms with E-state index in [1.54, 1.807) is 6.20 Å². The van der Waals surface area contributed by atoms with E-state index in [-0.39, 0.29) is 18.4 Å². The number of nitrogens with one attached hydrogen (secondary N) is 1. The lowest BCUT2D eigenvalue weighted by molar-refractivity contribution is 0.222. The molecule has 0 aliphatic carbocycles. The highest BCUT2D eigenvalue weighted by Gasteiger charge is 2.25. The fourth-order valence-electron chi connectivity index (χ4n) is 2.20. The molecule has 0 saturated heterocycles. The number of fused-ring (bicyclic) bond motifs is 3. The maximum Gasteiger partial charge on any atom is 0.192 e. The van der Waals surface area contributed by atoms with Gasteiger partial charge in [0.1, 0.15) is 5.65 Å². The Balaban J connectivity index is 0.000000963. The molecule has 0 saturated carbocycles. The van der Waals surface area contributed by atoms with Gasteiger partial charge in [0, 0.05) is 24.2 Å². The maximum atomic E-state index is 13.6. The molecule has 16 heavy (non-hydrogen) atoms. The van der Waals surface area contributed by atoms with Crippen molar-refractivity contribution in [3.05, 3.63) is 30.1 Å². The Morgan fingerprint density at radius 2 is 2.38 bits per heavy atom. The number of alkyl halides is 1. The van der Waals surface area contributed by atoms with E-state index in [0.717, 1.165) is 11.0 Å². The van der Waals surface area contributed by atoms with Crippen LogP contribution in [0, 0.1) is 0 Å². The smallest absolute Gasteiger partial charge is 0.192 e. The average Bonchev–Trinajstić information content (AvgIpc) is 2.64. The molecule has 2 aromatic heterocycles. The molecule has 0 radical (unpaired) electrons. The van der Waals surface area contributed by atoms with Crippen molar-refractivity contribution in [1.29, 1.82) is 0 Å². The van der Waals surface area contributed by atoms with Crippen molar-refractivity contribution < 1.29 is 4.39 Å². The van der Waals surface area contributed by atoms with Crippen LogP contribution < -0.4 is 5.32 Å². The zero-order chi connectivity index (χ0) is 10.4. The number of hydrogen-bond acceptors (Lipinski definition) is 2. The summed E-state index contributed by atoms with van der Waals surface area (Å²) in [7, 11) is 0. The van der Waals surface area contributed by atoms with Crippen LogP contribution in [0.1, 0.15) is 25.0 Å². The summed E-state index contributed by atoms with van der Waals surface area (Å²) in [5.74, 6) is 0. The second kappa shape index (κ2) is 4.03. The Morgan fingerprint density at radius 1 is 1.56 bits per heavy atom. The predicted molar refractivity (Wildman–Crippen MR) is 63.5 cm³/mol. The number of nitrogens with zero attached hydrogens (tertiary/aromatic N) is 2. The fourth-order valence-corrected chi connectivity index (χ4v) is 2.20. The molecule has 86 valence electrons. The molecule has 3 rings (SSSR count). The normalized spacial score (nSPS) is 23.9. The largest absolute Gasteiger partial charge is 0.321 e. The second-order valence-corrected chi connectivity index (χ2v) is 3.98. The van der Waals surface area contributed by atoms with Crippen LogP contribution in [0.2, 0.25) is 0 Å². The van der Waals surface area contributed by atoms with Crippen molar-refractivity contribution in [3.8, 4) is 0 Å². The highest BCUT2D eigenvalue weighted by Crippen LogP contribution is 2.30. The third kappa shape index (κ3) is 1.49. The maximum absolute atomic E-state index is 13.6. The molecule has 0 bridgehead atoms. The number of rotatable bonds is 0. The minimum absolute atomic E-state index is 0. The van der Waals surface area contributed by atoms with Gasteiger partial charge in [-0.05, 0) is 25.1 Å². The Kier molecular flexibility index (Phi) is 2.86. The Bertz CT molecular complexity index is 511. The van der Waals surface area contributed by atoms with Crippen LogP contribution in [0.5, 0.6) is 0 Å². The van der Waals surface area contributed by atoms with E-state index in [1.165, 1.54) is 0 Å². The standard InChI is InChI=1S/C11H12FN3.ClH/c1-7-6-14-10(12)9-5-8-3-2-4-13-11(8)15(7)9;/h2-5,7,10,14H,6H2,1H3;1H. The zero-order valence-electron chi connectivity index (χ0n) is 8.85. The predicted octanol–water partition coefficient (Wildman–Crippen LogP) is 2.59. The SMILES string of the molecule is CC1CNC(F)c2cc3cccnc3n21.Cl. The van der Waals surface area contributed by atoms with Crippen molar-refractivity contribution in [3.63, 3.8) is 0 Å². The van der Waals surface area contributed by atoms with Gasteiger partial charge in [-0.2, -0.15) is 0 Å². The van der Waals surface area contributed by atoms with Crippen molar-refractivity contribution in [2.45, 2.75) is 19.3 Å². The molecule has 0 fully saturated rings. The molecule has 1 aliphatic heterocycles. The molecular weight excluding hydrogens is 229 g/mol. The highest BCUT2D eigenvalue weighted by atomic mass is 35.5. The first-order valence-electron chi connectivity index (χ1n) is 5.10. The molecule has 2 atom stereocenters. The summed E-state index contributed by atoms with van der Waals surface area (Å²) in [6.07, 6.45) is 0.674. The molecule has 2 unspecified atom stereocenters. The van der Waals surface area contributed by atoms with Crippen LogP contribution in [0.4, 0.5) is 4.39 Å². The van der Waals surface area contributed by atoms with Gasteiger partial charge in [0.25, 0.3) is 0 Å². The van der Waals surface area contributed by atoms with Crippen molar-refractivity contribution in [2.24, 2.45) is 0 Å². The number of aromatic nitrogens is 2. The van der Waals surface area contributed by atoms with E-state index < -0.39 is 6.30 Å². The molecule has 5 heteroatoms. The van der Waals surface area contributed by atoms with Crippen LogP contribution in [-0.4, -0.2) is 16.1 Å². The lowest BCUT2D eigenvalue weighted by Gasteiger charge is -2.26. The monoisotopic (exact) mass is 241 g/mol. The van der Waals surface area contributed by atoms with Crippen LogP contribution in [0.15, 0.2) is 24.4 Å². The Hall–Kier alpha value is -1.13. The molecule has 3 heterocycles. The average molecular weight is 242 g/mol. The van der Waals surface area contributed by atoms with Crippen LogP contribution in [0.3, 0.4) is 0 Å². The molecular formula is C11H13ClFN3. The fraction of sp³-hybridized carbons (Fsp3) is 0.364. The van der Waals surface area contributed by atoms with E-state index in [4.69, 9.17) is 0 Å². The first-order valence-corrected chi connectivity index (χ1v) is 5.10. The van der Waals surface area contributed by atoms with Crippen LogP contribution in [0.25, 0.3) is 11.0 Å². The first kappa shape index (κ1) is 11.4. The number of halogens is 2. The van der Waals surface area contributed by atoms with Crippen molar-refractivity contribution in [1.82, 2.24) is 14.9 Å². The van der Waals surface area contributed by atoms with Crippen LogP contribution in [-0.2, 0) is 0 Å². The second-order valence-electron chi connectivity index (χ2n) is 3.98. The van der Waals surface area contributed by atoms with E-state index >= 15 is 0 Å². The Labute approximate surface area is 99.1 Å². The van der Waals surface area contributed by atoms with E-state index in [1.807, 2.05) is 22.8 Å². The number of hydrogen-bond donors (Lipinski definition) is 1. The first-order chi connectivity index (χ1) is 7.27. The summed E-state index contributed by atoms with van der Waals surface area (Å²) in [5.41, 5.74) is 1.56. The summed E-state index contributed by atoms with van der Waals surface area (Å²) in [5, 5.41) is 3.84. The summed E-state index contributed by atoms with van der Waals surface area (Å²) in [4.78, 5) is 4.31. The lowest BCUT2D eigenvalue weighted by Crippen LogP contribution is -2.33. The minimum atomic E-state index is -1.07. The summed E-state index contributed by atoms with van der Waals surface area (Å²) in [6, 6.07) is 5.96. The van der Waals surface area contributed by atoms with Crippen LogP contribution >= 0.6 is 12.4 Å². The van der Waals surface area contributed by atoms with Crippen molar-refractivity contribution >= 4 is 23.4 Å².